The number of hydrogen-bond donors (Lipinski definition) is 1. The van der Waals surface area contributed by atoms with E-state index in [1.807, 2.05) is 0 Å². The first-order valence-electron chi connectivity index (χ1n) is 7.20. The Bertz CT molecular complexity index is 564. The topological polar surface area (TPSA) is 49.4 Å². The summed E-state index contributed by atoms with van der Waals surface area (Å²) in [4.78, 5) is 25.8. The van der Waals surface area contributed by atoms with Crippen molar-refractivity contribution < 1.29 is 9.59 Å². The van der Waals surface area contributed by atoms with Gasteiger partial charge in [0.25, 0.3) is 11.8 Å². The summed E-state index contributed by atoms with van der Waals surface area (Å²) < 4.78 is 0.818. The van der Waals surface area contributed by atoms with Crippen LogP contribution < -0.4 is 5.32 Å². The number of rotatable bonds is 5. The molecule has 0 aliphatic carbocycles. The van der Waals surface area contributed by atoms with Crippen LogP contribution in [0.1, 0.15) is 54.3 Å². The van der Waals surface area contributed by atoms with Gasteiger partial charge in [0, 0.05) is 16.6 Å². The number of nitrogens with one attached hydrogen (secondary N) is 1. The molecule has 2 amide bonds. The van der Waals surface area contributed by atoms with Crippen LogP contribution in [0.4, 0.5) is 0 Å². The lowest BCUT2D eigenvalue weighted by Crippen LogP contribution is -2.37. The molecule has 0 unspecified atom stereocenters. The summed E-state index contributed by atoms with van der Waals surface area (Å²) in [6.07, 6.45) is 1.75. The summed E-state index contributed by atoms with van der Waals surface area (Å²) in [6.45, 7) is 7.73. The molecule has 0 saturated carbocycles. The lowest BCUT2D eigenvalue weighted by atomic mass is 10.1. The Morgan fingerprint density at radius 3 is 2.43 bits per heavy atom. The Balaban J connectivity index is 1.89. The minimum Gasteiger partial charge on any atom is -0.312 e. The molecule has 1 aromatic carbocycles. The second-order valence-corrected chi connectivity index (χ2v) is 7.25. The normalized spacial score (nSPS) is 14.8. The zero-order valence-corrected chi connectivity index (χ0v) is 14.3. The predicted octanol–water partition coefficient (Wildman–Crippen LogP) is 3.21. The van der Waals surface area contributed by atoms with Crippen LogP contribution in [-0.2, 0) is 0 Å². The SMILES string of the molecule is CC(C)(C)NCCCCN1C(=O)c2ccc(Br)cc2C1=O. The van der Waals surface area contributed by atoms with Crippen LogP contribution in [0.2, 0.25) is 0 Å². The number of imide groups is 1. The number of nitrogens with zero attached hydrogens (tertiary/aromatic N) is 1. The molecule has 5 heteroatoms. The molecule has 4 nitrogen and oxygen atoms in total. The first kappa shape index (κ1) is 16.2. The summed E-state index contributed by atoms with van der Waals surface area (Å²) in [5, 5.41) is 3.40. The van der Waals surface area contributed by atoms with Gasteiger partial charge >= 0.3 is 0 Å². The molecule has 1 aliphatic rings. The Hall–Kier alpha value is -1.20. The number of halogens is 1. The van der Waals surface area contributed by atoms with Gasteiger partial charge in [-0.05, 0) is 58.4 Å². The highest BCUT2D eigenvalue weighted by Gasteiger charge is 2.34. The highest BCUT2D eigenvalue weighted by molar-refractivity contribution is 9.10. The Kier molecular flexibility index (Phi) is 4.84. The van der Waals surface area contributed by atoms with Crippen molar-refractivity contribution in [2.75, 3.05) is 13.1 Å². The van der Waals surface area contributed by atoms with Gasteiger partial charge < -0.3 is 5.32 Å². The molecule has 0 spiro atoms. The van der Waals surface area contributed by atoms with Crippen molar-refractivity contribution in [1.29, 1.82) is 0 Å². The number of benzene rings is 1. The second kappa shape index (κ2) is 6.28. The fourth-order valence-electron chi connectivity index (χ4n) is 2.32. The first-order chi connectivity index (χ1) is 9.79. The number of unbranched alkanes of at least 4 members (excludes halogenated alkanes) is 1. The molecule has 0 fully saturated rings. The summed E-state index contributed by atoms with van der Waals surface area (Å²) in [5.41, 5.74) is 1.11. The number of fused-ring (bicyclic) bond motifs is 1. The third-order valence-corrected chi connectivity index (χ3v) is 3.89. The van der Waals surface area contributed by atoms with E-state index in [4.69, 9.17) is 0 Å². The molecule has 0 atom stereocenters. The van der Waals surface area contributed by atoms with Gasteiger partial charge in [0.2, 0.25) is 0 Å². The van der Waals surface area contributed by atoms with E-state index in [-0.39, 0.29) is 17.4 Å². The van der Waals surface area contributed by atoms with Crippen LogP contribution in [0, 0.1) is 0 Å². The maximum atomic E-state index is 12.3. The molecular formula is C16H21BrN2O2. The molecule has 21 heavy (non-hydrogen) atoms. The van der Waals surface area contributed by atoms with Gasteiger partial charge in [0.15, 0.2) is 0 Å². The number of carbonyl (C=O) groups excluding carboxylic acids is 2. The molecule has 0 radical (unpaired) electrons. The number of carbonyl (C=O) groups is 2. The smallest absolute Gasteiger partial charge is 0.261 e. The standard InChI is InChI=1S/C16H21BrN2O2/c1-16(2,3)18-8-4-5-9-19-14(20)12-7-6-11(17)10-13(12)15(19)21/h6-7,10,18H,4-5,8-9H2,1-3H3. The third-order valence-electron chi connectivity index (χ3n) is 3.40. The lowest BCUT2D eigenvalue weighted by molar-refractivity contribution is 0.0651. The highest BCUT2D eigenvalue weighted by Crippen LogP contribution is 2.26. The molecule has 0 bridgehead atoms. The first-order valence-corrected chi connectivity index (χ1v) is 8.00. The molecular weight excluding hydrogens is 332 g/mol. The van der Waals surface area contributed by atoms with Crippen LogP contribution in [0.5, 0.6) is 0 Å². The zero-order chi connectivity index (χ0) is 15.6. The maximum Gasteiger partial charge on any atom is 0.261 e. The molecule has 114 valence electrons. The van der Waals surface area contributed by atoms with Crippen molar-refractivity contribution in [3.05, 3.63) is 33.8 Å². The summed E-state index contributed by atoms with van der Waals surface area (Å²) in [6, 6.07) is 5.22. The molecule has 0 aromatic heterocycles. The zero-order valence-electron chi connectivity index (χ0n) is 12.7. The van der Waals surface area contributed by atoms with Gasteiger partial charge in [-0.25, -0.2) is 0 Å². The van der Waals surface area contributed by atoms with E-state index in [2.05, 4.69) is 42.0 Å². The van der Waals surface area contributed by atoms with E-state index in [0.29, 0.717) is 17.7 Å². The van der Waals surface area contributed by atoms with Crippen molar-refractivity contribution in [3.8, 4) is 0 Å². The quantitative estimate of drug-likeness (QED) is 0.653. The average molecular weight is 353 g/mol. The average Bonchev–Trinajstić information content (AvgIpc) is 2.61. The van der Waals surface area contributed by atoms with Crippen LogP contribution >= 0.6 is 15.9 Å². The maximum absolute atomic E-state index is 12.3. The predicted molar refractivity (Wildman–Crippen MR) is 86.5 cm³/mol. The van der Waals surface area contributed by atoms with Crippen LogP contribution in [0.15, 0.2) is 22.7 Å². The third kappa shape index (κ3) is 3.92. The number of amides is 2. The van der Waals surface area contributed by atoms with Crippen molar-refractivity contribution in [2.45, 2.75) is 39.2 Å². The summed E-state index contributed by atoms with van der Waals surface area (Å²) in [5.74, 6) is -0.355. The molecule has 1 aromatic rings. The summed E-state index contributed by atoms with van der Waals surface area (Å²) >= 11 is 3.33. The van der Waals surface area contributed by atoms with Crippen molar-refractivity contribution in [1.82, 2.24) is 10.2 Å². The van der Waals surface area contributed by atoms with E-state index in [0.717, 1.165) is 23.9 Å². The summed E-state index contributed by atoms with van der Waals surface area (Å²) in [7, 11) is 0. The van der Waals surface area contributed by atoms with E-state index in [1.54, 1.807) is 18.2 Å². The van der Waals surface area contributed by atoms with Gasteiger partial charge in [-0.15, -0.1) is 0 Å². The van der Waals surface area contributed by atoms with Gasteiger partial charge in [-0.2, -0.15) is 0 Å². The van der Waals surface area contributed by atoms with Gasteiger partial charge in [-0.1, -0.05) is 15.9 Å². The molecule has 2 rings (SSSR count). The molecule has 0 saturated heterocycles. The molecule has 1 aliphatic heterocycles. The Labute approximate surface area is 134 Å². The fourth-order valence-corrected chi connectivity index (χ4v) is 2.69. The van der Waals surface area contributed by atoms with E-state index >= 15 is 0 Å². The lowest BCUT2D eigenvalue weighted by Gasteiger charge is -2.20. The van der Waals surface area contributed by atoms with E-state index in [9.17, 15) is 9.59 Å². The second-order valence-electron chi connectivity index (χ2n) is 6.34. The monoisotopic (exact) mass is 352 g/mol. The molecule has 1 N–H and O–H groups in total. The van der Waals surface area contributed by atoms with Gasteiger partial charge in [0.1, 0.15) is 0 Å². The van der Waals surface area contributed by atoms with Gasteiger partial charge in [-0.3, -0.25) is 14.5 Å². The highest BCUT2D eigenvalue weighted by atomic mass is 79.9. The van der Waals surface area contributed by atoms with E-state index in [1.165, 1.54) is 4.90 Å². The number of hydrogen-bond acceptors (Lipinski definition) is 3. The van der Waals surface area contributed by atoms with E-state index < -0.39 is 0 Å². The van der Waals surface area contributed by atoms with Crippen molar-refractivity contribution in [2.24, 2.45) is 0 Å². The minimum absolute atomic E-state index is 0.0990. The van der Waals surface area contributed by atoms with Crippen LogP contribution in [-0.4, -0.2) is 35.3 Å². The Morgan fingerprint density at radius 2 is 1.76 bits per heavy atom. The molecule has 1 heterocycles. The fraction of sp³-hybridized carbons (Fsp3) is 0.500. The van der Waals surface area contributed by atoms with Crippen molar-refractivity contribution >= 4 is 27.7 Å². The van der Waals surface area contributed by atoms with Gasteiger partial charge in [0.05, 0.1) is 11.1 Å². The van der Waals surface area contributed by atoms with Crippen LogP contribution in [0.25, 0.3) is 0 Å². The van der Waals surface area contributed by atoms with Crippen LogP contribution in [0.3, 0.4) is 0 Å². The van der Waals surface area contributed by atoms with Crippen molar-refractivity contribution in [3.63, 3.8) is 0 Å². The minimum atomic E-state index is -0.180. The largest absolute Gasteiger partial charge is 0.312 e. The Morgan fingerprint density at radius 1 is 1.10 bits per heavy atom.